The Morgan fingerprint density at radius 3 is 2.56 bits per heavy atom. The Balaban J connectivity index is 2.50. The molecule has 0 aromatic heterocycles. The van der Waals surface area contributed by atoms with Crippen molar-refractivity contribution in [3.05, 3.63) is 53.9 Å². The first-order valence-corrected chi connectivity index (χ1v) is 5.27. The Hall–Kier alpha value is -1.67. The first-order chi connectivity index (χ1) is 7.83. The zero-order chi connectivity index (χ0) is 11.4. The van der Waals surface area contributed by atoms with Crippen molar-refractivity contribution in [3.8, 4) is 0 Å². The Morgan fingerprint density at radius 1 is 1.06 bits per heavy atom. The smallest absolute Gasteiger partial charge is 0.131 e. The third kappa shape index (κ3) is 2.12. The average Bonchev–Trinajstić information content (AvgIpc) is 2.33. The Morgan fingerprint density at radius 2 is 1.81 bits per heavy atom. The van der Waals surface area contributed by atoms with Crippen LogP contribution in [0.15, 0.2) is 42.5 Å². The van der Waals surface area contributed by atoms with Gasteiger partial charge in [-0.3, -0.25) is 0 Å². The average molecular weight is 216 g/mol. The minimum Gasteiger partial charge on any atom is -0.396 e. The second-order valence-corrected chi connectivity index (χ2v) is 3.60. The van der Waals surface area contributed by atoms with Crippen LogP contribution in [0.2, 0.25) is 0 Å². The molecule has 0 aliphatic heterocycles. The molecule has 82 valence electrons. The molecule has 2 rings (SSSR count). The normalized spacial score (nSPS) is 11.4. The van der Waals surface area contributed by atoms with Gasteiger partial charge in [-0.15, -0.1) is 0 Å². The van der Waals surface area contributed by atoms with E-state index in [1.54, 1.807) is 12.1 Å². The maximum atomic E-state index is 13.5. The van der Waals surface area contributed by atoms with E-state index in [1.165, 1.54) is 6.07 Å². The van der Waals surface area contributed by atoms with Gasteiger partial charge in [0, 0.05) is 12.0 Å². The number of aliphatic hydroxyl groups excluding tert-OH is 1. The summed E-state index contributed by atoms with van der Waals surface area (Å²) in [5.41, 5.74) is 0.977. The van der Waals surface area contributed by atoms with E-state index in [0.29, 0.717) is 11.8 Å². The molecular weight excluding hydrogens is 203 g/mol. The second kappa shape index (κ2) is 4.90. The SMILES string of the molecule is OCCC=Cc1ccc(F)c2ccccc12. The highest BCUT2D eigenvalue weighted by Gasteiger charge is 2.02. The topological polar surface area (TPSA) is 20.2 Å². The van der Waals surface area contributed by atoms with Gasteiger partial charge < -0.3 is 5.11 Å². The van der Waals surface area contributed by atoms with E-state index in [2.05, 4.69) is 0 Å². The van der Waals surface area contributed by atoms with Crippen molar-refractivity contribution in [3.63, 3.8) is 0 Å². The van der Waals surface area contributed by atoms with Gasteiger partial charge in [-0.2, -0.15) is 0 Å². The molecule has 0 saturated heterocycles. The fourth-order valence-electron chi connectivity index (χ4n) is 1.72. The lowest BCUT2D eigenvalue weighted by Gasteiger charge is -2.03. The van der Waals surface area contributed by atoms with Crippen LogP contribution in [0.25, 0.3) is 16.8 Å². The highest BCUT2D eigenvalue weighted by atomic mass is 19.1. The van der Waals surface area contributed by atoms with E-state index >= 15 is 0 Å². The molecule has 0 unspecified atom stereocenters. The van der Waals surface area contributed by atoms with E-state index in [1.807, 2.05) is 30.4 Å². The summed E-state index contributed by atoms with van der Waals surface area (Å²) >= 11 is 0. The van der Waals surface area contributed by atoms with Crippen LogP contribution in [0.1, 0.15) is 12.0 Å². The predicted molar refractivity (Wildman–Crippen MR) is 64.6 cm³/mol. The van der Waals surface area contributed by atoms with Crippen molar-refractivity contribution in [1.82, 2.24) is 0 Å². The molecule has 1 nitrogen and oxygen atoms in total. The van der Waals surface area contributed by atoms with Crippen molar-refractivity contribution >= 4 is 16.8 Å². The third-order valence-corrected chi connectivity index (χ3v) is 2.50. The van der Waals surface area contributed by atoms with Crippen LogP contribution in [0.5, 0.6) is 0 Å². The Bertz CT molecular complexity index is 517. The molecule has 0 fully saturated rings. The molecule has 0 atom stereocenters. The molecular formula is C14H13FO. The van der Waals surface area contributed by atoms with Crippen molar-refractivity contribution in [2.24, 2.45) is 0 Å². The summed E-state index contributed by atoms with van der Waals surface area (Å²) in [4.78, 5) is 0. The summed E-state index contributed by atoms with van der Waals surface area (Å²) in [5.74, 6) is -0.199. The van der Waals surface area contributed by atoms with Crippen molar-refractivity contribution in [2.75, 3.05) is 6.61 Å². The molecule has 0 aliphatic rings. The molecule has 0 aliphatic carbocycles. The minimum absolute atomic E-state index is 0.135. The summed E-state index contributed by atoms with van der Waals surface area (Å²) in [6.07, 6.45) is 4.42. The minimum atomic E-state index is -0.199. The molecule has 16 heavy (non-hydrogen) atoms. The van der Waals surface area contributed by atoms with Crippen LogP contribution in [-0.2, 0) is 0 Å². The standard InChI is InChI=1S/C14H13FO/c15-14-9-8-11(5-3-4-10-16)12-6-1-2-7-13(12)14/h1-3,5-9,16H,4,10H2. The monoisotopic (exact) mass is 216 g/mol. The highest BCUT2D eigenvalue weighted by molar-refractivity contribution is 5.90. The quantitative estimate of drug-likeness (QED) is 0.834. The summed E-state index contributed by atoms with van der Waals surface area (Å²) in [5, 5.41) is 10.2. The molecule has 2 heteroatoms. The lowest BCUT2D eigenvalue weighted by atomic mass is 10.0. The zero-order valence-electron chi connectivity index (χ0n) is 8.86. The lowest BCUT2D eigenvalue weighted by molar-refractivity contribution is 0.303. The van der Waals surface area contributed by atoms with Gasteiger partial charge >= 0.3 is 0 Å². The number of benzene rings is 2. The summed E-state index contributed by atoms with van der Waals surface area (Å²) in [6.45, 7) is 0.135. The van der Waals surface area contributed by atoms with E-state index in [-0.39, 0.29) is 12.4 Å². The number of aliphatic hydroxyl groups is 1. The van der Waals surface area contributed by atoms with Crippen molar-refractivity contribution < 1.29 is 9.50 Å². The van der Waals surface area contributed by atoms with E-state index < -0.39 is 0 Å². The van der Waals surface area contributed by atoms with Crippen LogP contribution in [0.4, 0.5) is 4.39 Å². The van der Waals surface area contributed by atoms with E-state index in [4.69, 9.17) is 5.11 Å². The fourth-order valence-corrected chi connectivity index (χ4v) is 1.72. The van der Waals surface area contributed by atoms with E-state index in [9.17, 15) is 4.39 Å². The lowest BCUT2D eigenvalue weighted by Crippen LogP contribution is -1.83. The van der Waals surface area contributed by atoms with Gasteiger partial charge in [-0.1, -0.05) is 42.5 Å². The van der Waals surface area contributed by atoms with E-state index in [0.717, 1.165) is 10.9 Å². The molecule has 0 heterocycles. The number of rotatable bonds is 3. The maximum Gasteiger partial charge on any atom is 0.131 e. The number of halogens is 1. The molecule has 2 aromatic carbocycles. The summed E-state index contributed by atoms with van der Waals surface area (Å²) in [6, 6.07) is 10.6. The summed E-state index contributed by atoms with van der Waals surface area (Å²) < 4.78 is 13.5. The van der Waals surface area contributed by atoms with Crippen LogP contribution in [-0.4, -0.2) is 11.7 Å². The maximum absolute atomic E-state index is 13.5. The molecule has 0 bridgehead atoms. The predicted octanol–water partition coefficient (Wildman–Crippen LogP) is 3.37. The Labute approximate surface area is 93.8 Å². The van der Waals surface area contributed by atoms with Crippen LogP contribution in [0, 0.1) is 5.82 Å². The van der Waals surface area contributed by atoms with Crippen LogP contribution < -0.4 is 0 Å². The Kier molecular flexibility index (Phi) is 3.32. The van der Waals surface area contributed by atoms with Crippen molar-refractivity contribution in [1.29, 1.82) is 0 Å². The molecule has 0 spiro atoms. The molecule has 1 N–H and O–H groups in total. The van der Waals surface area contributed by atoms with Gasteiger partial charge in [0.2, 0.25) is 0 Å². The number of fused-ring (bicyclic) bond motifs is 1. The van der Waals surface area contributed by atoms with Gasteiger partial charge in [0.05, 0.1) is 0 Å². The number of hydrogen-bond acceptors (Lipinski definition) is 1. The number of hydrogen-bond donors (Lipinski definition) is 1. The zero-order valence-corrected chi connectivity index (χ0v) is 8.86. The first-order valence-electron chi connectivity index (χ1n) is 5.27. The van der Waals surface area contributed by atoms with Gasteiger partial charge in [-0.25, -0.2) is 4.39 Å². The van der Waals surface area contributed by atoms with Crippen molar-refractivity contribution in [2.45, 2.75) is 6.42 Å². The molecule has 0 saturated carbocycles. The van der Waals surface area contributed by atoms with Gasteiger partial charge in [0.15, 0.2) is 0 Å². The molecule has 0 radical (unpaired) electrons. The first kappa shape index (κ1) is 10.8. The van der Waals surface area contributed by atoms with Crippen LogP contribution in [0.3, 0.4) is 0 Å². The molecule has 0 amide bonds. The van der Waals surface area contributed by atoms with Crippen LogP contribution >= 0.6 is 0 Å². The fraction of sp³-hybridized carbons (Fsp3) is 0.143. The summed E-state index contributed by atoms with van der Waals surface area (Å²) in [7, 11) is 0. The second-order valence-electron chi connectivity index (χ2n) is 3.60. The third-order valence-electron chi connectivity index (χ3n) is 2.50. The van der Waals surface area contributed by atoms with Gasteiger partial charge in [-0.05, 0) is 23.4 Å². The van der Waals surface area contributed by atoms with Gasteiger partial charge in [0.25, 0.3) is 0 Å². The van der Waals surface area contributed by atoms with Gasteiger partial charge in [0.1, 0.15) is 5.82 Å². The molecule has 2 aromatic rings. The highest BCUT2D eigenvalue weighted by Crippen LogP contribution is 2.22. The largest absolute Gasteiger partial charge is 0.396 e.